The number of rotatable bonds is 5. The van der Waals surface area contributed by atoms with Crippen molar-refractivity contribution in [1.29, 1.82) is 0 Å². The lowest BCUT2D eigenvalue weighted by Crippen LogP contribution is -2.33. The number of ether oxygens (including phenoxy) is 1. The van der Waals surface area contributed by atoms with Crippen LogP contribution in [-0.4, -0.2) is 46.8 Å². The van der Waals surface area contributed by atoms with Crippen molar-refractivity contribution < 1.29 is 19.4 Å². The molecule has 132 valence electrons. The summed E-state index contributed by atoms with van der Waals surface area (Å²) >= 11 is 0. The Kier molecular flexibility index (Phi) is 5.83. The van der Waals surface area contributed by atoms with Crippen molar-refractivity contribution >= 4 is 12.0 Å². The van der Waals surface area contributed by atoms with E-state index in [1.54, 1.807) is 4.90 Å². The maximum absolute atomic E-state index is 11.7. The van der Waals surface area contributed by atoms with Crippen molar-refractivity contribution in [2.75, 3.05) is 13.1 Å². The maximum Gasteiger partial charge on any atom is 0.407 e. The Hall–Kier alpha value is -2.08. The van der Waals surface area contributed by atoms with E-state index >= 15 is 0 Å². The summed E-state index contributed by atoms with van der Waals surface area (Å²) in [6.45, 7) is 6.91. The number of carbonyl (C=O) groups excluding carboxylic acids is 2. The van der Waals surface area contributed by atoms with E-state index in [2.05, 4.69) is 5.32 Å². The number of nitrogens with one attached hydrogen (secondary N) is 1. The van der Waals surface area contributed by atoms with Crippen LogP contribution >= 0.6 is 0 Å². The standard InChI is InChI=1S/C18H26N2O4/c1-18(2,3)24-17(23)19-9-8-13-4-6-14(7-5-13)11-20-12-15(21)10-16(20)22/h4-7,15,21H,8-12H2,1-3H3,(H,19,23)/t15-/m1/s1. The molecule has 2 N–H and O–H groups in total. The van der Waals surface area contributed by atoms with Crippen molar-refractivity contribution in [3.05, 3.63) is 35.4 Å². The molecule has 0 bridgehead atoms. The lowest BCUT2D eigenvalue weighted by Gasteiger charge is -2.19. The minimum absolute atomic E-state index is 0.00635. The van der Waals surface area contributed by atoms with E-state index in [0.29, 0.717) is 26.1 Å². The van der Waals surface area contributed by atoms with Crippen LogP contribution in [0.5, 0.6) is 0 Å². The van der Waals surface area contributed by atoms with Crippen molar-refractivity contribution in [1.82, 2.24) is 10.2 Å². The van der Waals surface area contributed by atoms with Crippen molar-refractivity contribution in [2.24, 2.45) is 0 Å². The summed E-state index contributed by atoms with van der Waals surface area (Å²) < 4.78 is 5.18. The largest absolute Gasteiger partial charge is 0.444 e. The van der Waals surface area contributed by atoms with Crippen LogP contribution in [0.2, 0.25) is 0 Å². The molecular weight excluding hydrogens is 308 g/mol. The molecule has 2 rings (SSSR count). The highest BCUT2D eigenvalue weighted by Crippen LogP contribution is 2.15. The zero-order chi connectivity index (χ0) is 17.7. The van der Waals surface area contributed by atoms with Crippen molar-refractivity contribution in [3.8, 4) is 0 Å². The van der Waals surface area contributed by atoms with E-state index in [4.69, 9.17) is 4.74 Å². The molecule has 0 radical (unpaired) electrons. The normalized spacial score (nSPS) is 17.9. The molecule has 24 heavy (non-hydrogen) atoms. The number of nitrogens with zero attached hydrogens (tertiary/aromatic N) is 1. The first-order valence-corrected chi connectivity index (χ1v) is 8.23. The van der Waals surface area contributed by atoms with Crippen LogP contribution in [0.25, 0.3) is 0 Å². The molecule has 2 amide bonds. The van der Waals surface area contributed by atoms with Gasteiger partial charge >= 0.3 is 6.09 Å². The van der Waals surface area contributed by atoms with Gasteiger partial charge in [-0.2, -0.15) is 0 Å². The zero-order valence-corrected chi connectivity index (χ0v) is 14.5. The molecule has 0 aromatic heterocycles. The average molecular weight is 334 g/mol. The van der Waals surface area contributed by atoms with Gasteiger partial charge in [-0.25, -0.2) is 4.79 Å². The molecular formula is C18H26N2O4. The molecule has 1 heterocycles. The van der Waals surface area contributed by atoms with Gasteiger partial charge in [-0.15, -0.1) is 0 Å². The highest BCUT2D eigenvalue weighted by molar-refractivity contribution is 5.79. The number of alkyl carbamates (subject to hydrolysis) is 1. The second-order valence-corrected chi connectivity index (χ2v) is 7.13. The van der Waals surface area contributed by atoms with Gasteiger partial charge in [0.15, 0.2) is 0 Å². The first kappa shape index (κ1) is 18.3. The quantitative estimate of drug-likeness (QED) is 0.861. The van der Waals surface area contributed by atoms with Gasteiger partial charge in [-0.05, 0) is 38.3 Å². The Morgan fingerprint density at radius 3 is 2.46 bits per heavy atom. The summed E-state index contributed by atoms with van der Waals surface area (Å²) in [5.41, 5.74) is 1.63. The highest BCUT2D eigenvalue weighted by Gasteiger charge is 2.27. The van der Waals surface area contributed by atoms with Gasteiger partial charge in [0.1, 0.15) is 5.60 Å². The van der Waals surface area contributed by atoms with Crippen LogP contribution in [0, 0.1) is 0 Å². The predicted octanol–water partition coefficient (Wildman–Crippen LogP) is 1.85. The highest BCUT2D eigenvalue weighted by atomic mass is 16.6. The summed E-state index contributed by atoms with van der Waals surface area (Å²) in [4.78, 5) is 24.9. The molecule has 0 spiro atoms. The van der Waals surface area contributed by atoms with E-state index in [1.165, 1.54) is 0 Å². The molecule has 1 aliphatic heterocycles. The second kappa shape index (κ2) is 7.66. The molecule has 1 fully saturated rings. The van der Waals surface area contributed by atoms with E-state index in [0.717, 1.165) is 11.1 Å². The van der Waals surface area contributed by atoms with E-state index in [-0.39, 0.29) is 12.3 Å². The first-order chi connectivity index (χ1) is 11.2. The minimum atomic E-state index is -0.546. The summed E-state index contributed by atoms with van der Waals surface area (Å²) in [6, 6.07) is 7.92. The first-order valence-electron chi connectivity index (χ1n) is 8.23. The third kappa shape index (κ3) is 5.85. The molecule has 6 nitrogen and oxygen atoms in total. The van der Waals surface area contributed by atoms with Crippen LogP contribution < -0.4 is 5.32 Å². The van der Waals surface area contributed by atoms with Gasteiger partial charge in [-0.3, -0.25) is 4.79 Å². The predicted molar refractivity (Wildman–Crippen MR) is 90.4 cm³/mol. The van der Waals surface area contributed by atoms with E-state index in [1.807, 2.05) is 45.0 Å². The fourth-order valence-corrected chi connectivity index (χ4v) is 2.56. The van der Waals surface area contributed by atoms with Crippen LogP contribution in [-0.2, 0) is 22.5 Å². The Labute approximate surface area is 142 Å². The van der Waals surface area contributed by atoms with Gasteiger partial charge in [-0.1, -0.05) is 24.3 Å². The molecule has 1 saturated heterocycles. The number of hydrogen-bond donors (Lipinski definition) is 2. The third-order valence-corrected chi connectivity index (χ3v) is 3.67. The van der Waals surface area contributed by atoms with Crippen molar-refractivity contribution in [2.45, 2.75) is 51.9 Å². The molecule has 1 atom stereocenters. The summed E-state index contributed by atoms with van der Waals surface area (Å²) in [7, 11) is 0. The van der Waals surface area contributed by atoms with Gasteiger partial charge in [0.25, 0.3) is 0 Å². The van der Waals surface area contributed by atoms with Gasteiger partial charge in [0, 0.05) is 19.6 Å². The molecule has 0 saturated carbocycles. The number of aliphatic hydroxyl groups excluding tert-OH is 1. The van der Waals surface area contributed by atoms with E-state index in [9.17, 15) is 14.7 Å². The fraction of sp³-hybridized carbons (Fsp3) is 0.556. The van der Waals surface area contributed by atoms with Crippen LogP contribution in [0.3, 0.4) is 0 Å². The van der Waals surface area contributed by atoms with Gasteiger partial charge in [0.2, 0.25) is 5.91 Å². The molecule has 6 heteroatoms. The number of amides is 2. The molecule has 1 aliphatic rings. The number of hydrogen-bond acceptors (Lipinski definition) is 4. The molecule has 1 aromatic carbocycles. The Bertz CT molecular complexity index is 578. The number of benzene rings is 1. The van der Waals surface area contributed by atoms with Crippen LogP contribution in [0.4, 0.5) is 4.79 Å². The number of aliphatic hydroxyl groups is 1. The van der Waals surface area contributed by atoms with Gasteiger partial charge < -0.3 is 20.1 Å². The molecule has 0 aliphatic carbocycles. The average Bonchev–Trinajstić information content (AvgIpc) is 2.77. The topological polar surface area (TPSA) is 78.9 Å². The van der Waals surface area contributed by atoms with Crippen LogP contribution in [0.1, 0.15) is 38.3 Å². The molecule has 1 aromatic rings. The number of carbonyl (C=O) groups is 2. The Balaban J connectivity index is 1.76. The zero-order valence-electron chi connectivity index (χ0n) is 14.5. The smallest absolute Gasteiger partial charge is 0.407 e. The monoisotopic (exact) mass is 334 g/mol. The Morgan fingerprint density at radius 1 is 1.29 bits per heavy atom. The Morgan fingerprint density at radius 2 is 1.92 bits per heavy atom. The summed E-state index contributed by atoms with van der Waals surface area (Å²) in [6.07, 6.45) is -0.0316. The van der Waals surface area contributed by atoms with Gasteiger partial charge in [0.05, 0.1) is 12.5 Å². The SMILES string of the molecule is CC(C)(C)OC(=O)NCCc1ccc(CN2C[C@H](O)CC2=O)cc1. The second-order valence-electron chi connectivity index (χ2n) is 7.13. The molecule has 0 unspecified atom stereocenters. The lowest BCUT2D eigenvalue weighted by molar-refractivity contribution is -0.128. The minimum Gasteiger partial charge on any atom is -0.444 e. The number of β-amino-alcohol motifs (C(OH)–C–C–N with tert-alkyl or cyclic N) is 1. The fourth-order valence-electron chi connectivity index (χ4n) is 2.56. The summed E-state index contributed by atoms with van der Waals surface area (Å²) in [5.74, 6) is -0.00635. The lowest BCUT2D eigenvalue weighted by atomic mass is 10.1. The summed E-state index contributed by atoms with van der Waals surface area (Å²) in [5, 5.41) is 12.2. The number of likely N-dealkylation sites (tertiary alicyclic amines) is 1. The van der Waals surface area contributed by atoms with Crippen LogP contribution in [0.15, 0.2) is 24.3 Å². The third-order valence-electron chi connectivity index (χ3n) is 3.67. The maximum atomic E-state index is 11.7. The van der Waals surface area contributed by atoms with E-state index < -0.39 is 17.8 Å². The van der Waals surface area contributed by atoms with Crippen molar-refractivity contribution in [3.63, 3.8) is 0 Å².